The molecular weight excluding hydrogens is 334 g/mol. The predicted octanol–water partition coefficient (Wildman–Crippen LogP) is 2.53. The molecule has 0 aliphatic carbocycles. The van der Waals surface area contributed by atoms with Crippen LogP contribution in [-0.4, -0.2) is 34.1 Å². The summed E-state index contributed by atoms with van der Waals surface area (Å²) in [4.78, 5) is 13.0. The second-order valence-electron chi connectivity index (χ2n) is 5.57. The summed E-state index contributed by atoms with van der Waals surface area (Å²) in [5.74, 6) is -0.262. The average Bonchev–Trinajstić information content (AvgIpc) is 2.79. The summed E-state index contributed by atoms with van der Waals surface area (Å²) in [5, 5.41) is 2.88. The van der Waals surface area contributed by atoms with Crippen molar-refractivity contribution in [2.24, 2.45) is 5.41 Å². The van der Waals surface area contributed by atoms with Gasteiger partial charge in [-0.3, -0.25) is 4.79 Å². The molecule has 8 heteroatoms. The second-order valence-corrected chi connectivity index (χ2v) is 9.37. The summed E-state index contributed by atoms with van der Waals surface area (Å²) < 4.78 is 28.1. The molecule has 1 N–H and O–H groups in total. The molecule has 1 amide bonds. The summed E-state index contributed by atoms with van der Waals surface area (Å²) >= 11 is 1.13. The summed E-state index contributed by atoms with van der Waals surface area (Å²) in [6.07, 6.45) is 1.80. The summed E-state index contributed by atoms with van der Waals surface area (Å²) in [5.41, 5.74) is 0.0294. The fourth-order valence-corrected chi connectivity index (χ4v) is 4.82. The first-order valence-corrected chi connectivity index (χ1v) is 9.75. The predicted molar refractivity (Wildman–Crippen MR) is 82.6 cm³/mol. The molecule has 1 aromatic rings. The van der Waals surface area contributed by atoms with Gasteiger partial charge in [0.15, 0.2) is 0 Å². The number of ether oxygens (including phenoxy) is 1. The first-order valence-electron chi connectivity index (χ1n) is 6.62. The van der Waals surface area contributed by atoms with Crippen LogP contribution in [0.4, 0.5) is 0 Å². The number of amides is 1. The normalized spacial score (nSPS) is 18.4. The number of hydrogen-bond donors (Lipinski definition) is 1. The molecule has 1 aromatic heterocycles. The molecule has 1 aliphatic heterocycles. The quantitative estimate of drug-likeness (QED) is 0.846. The number of aryl methyl sites for hydroxylation is 1. The van der Waals surface area contributed by atoms with Crippen LogP contribution in [0.5, 0.6) is 0 Å². The minimum atomic E-state index is -3.81. The van der Waals surface area contributed by atoms with Gasteiger partial charge in [-0.1, -0.05) is 6.92 Å². The van der Waals surface area contributed by atoms with Gasteiger partial charge in [-0.25, -0.2) is 8.42 Å². The maximum Gasteiger partial charge on any atom is 0.262 e. The van der Waals surface area contributed by atoms with Crippen LogP contribution in [0.15, 0.2) is 11.0 Å². The van der Waals surface area contributed by atoms with Crippen LogP contribution >= 0.6 is 22.0 Å². The lowest BCUT2D eigenvalue weighted by Crippen LogP contribution is -2.39. The molecule has 1 saturated heterocycles. The van der Waals surface area contributed by atoms with E-state index >= 15 is 0 Å². The van der Waals surface area contributed by atoms with Gasteiger partial charge in [-0.15, -0.1) is 11.3 Å². The maximum atomic E-state index is 12.2. The van der Waals surface area contributed by atoms with Crippen molar-refractivity contribution in [3.05, 3.63) is 15.8 Å². The molecule has 1 fully saturated rings. The highest BCUT2D eigenvalue weighted by atomic mass is 35.7. The fraction of sp³-hybridized carbons (Fsp3) is 0.615. The van der Waals surface area contributed by atoms with Gasteiger partial charge in [-0.2, -0.15) is 0 Å². The number of hydrogen-bond acceptors (Lipinski definition) is 5. The van der Waals surface area contributed by atoms with Crippen molar-refractivity contribution in [2.75, 3.05) is 19.8 Å². The largest absolute Gasteiger partial charge is 0.381 e. The van der Waals surface area contributed by atoms with E-state index in [9.17, 15) is 13.2 Å². The Kier molecular flexibility index (Phi) is 4.97. The highest BCUT2D eigenvalue weighted by Gasteiger charge is 2.28. The van der Waals surface area contributed by atoms with Gasteiger partial charge in [0.05, 0.1) is 9.77 Å². The smallest absolute Gasteiger partial charge is 0.262 e. The standard InChI is InChI=1S/C13H18ClNO4S2/c1-9-11(21(14,17)18)7-10(20-9)12(16)15-8-13(2)3-5-19-6-4-13/h7H,3-6,8H2,1-2H3,(H,15,16). The van der Waals surface area contributed by atoms with Crippen LogP contribution in [-0.2, 0) is 13.8 Å². The number of nitrogens with one attached hydrogen (secondary N) is 1. The molecule has 0 unspecified atom stereocenters. The fourth-order valence-electron chi connectivity index (χ4n) is 2.24. The Morgan fingerprint density at radius 3 is 2.62 bits per heavy atom. The average molecular weight is 352 g/mol. The first-order chi connectivity index (χ1) is 9.71. The molecule has 118 valence electrons. The molecule has 0 spiro atoms. The van der Waals surface area contributed by atoms with E-state index in [1.807, 2.05) is 0 Å². The third-order valence-corrected chi connectivity index (χ3v) is 6.36. The van der Waals surface area contributed by atoms with Crippen LogP contribution in [0, 0.1) is 12.3 Å². The van der Waals surface area contributed by atoms with E-state index in [0.717, 1.165) is 24.2 Å². The first kappa shape index (κ1) is 16.7. The van der Waals surface area contributed by atoms with Gasteiger partial charge in [0, 0.05) is 35.3 Å². The molecule has 0 saturated carbocycles. The van der Waals surface area contributed by atoms with Gasteiger partial charge in [0.1, 0.15) is 0 Å². The topological polar surface area (TPSA) is 72.5 Å². The lowest BCUT2D eigenvalue weighted by atomic mass is 9.82. The van der Waals surface area contributed by atoms with E-state index < -0.39 is 9.05 Å². The van der Waals surface area contributed by atoms with Gasteiger partial charge in [0.25, 0.3) is 15.0 Å². The summed E-state index contributed by atoms with van der Waals surface area (Å²) in [6.45, 7) is 5.72. The number of carbonyl (C=O) groups is 1. The Bertz CT molecular complexity index is 633. The molecule has 2 rings (SSSR count). The molecule has 1 aliphatic rings. The van der Waals surface area contributed by atoms with Crippen molar-refractivity contribution in [2.45, 2.75) is 31.6 Å². The Hall–Kier alpha value is -0.630. The highest BCUT2D eigenvalue weighted by Crippen LogP contribution is 2.30. The SMILES string of the molecule is Cc1sc(C(=O)NCC2(C)CCOCC2)cc1S(=O)(=O)Cl. The number of rotatable bonds is 4. The molecule has 0 aromatic carbocycles. The summed E-state index contributed by atoms with van der Waals surface area (Å²) in [7, 11) is 1.53. The van der Waals surface area contributed by atoms with E-state index in [-0.39, 0.29) is 16.2 Å². The van der Waals surface area contributed by atoms with Crippen molar-refractivity contribution >= 4 is 37.0 Å². The zero-order chi connectivity index (χ0) is 15.7. The third kappa shape index (κ3) is 4.18. The van der Waals surface area contributed by atoms with Gasteiger partial charge >= 0.3 is 0 Å². The number of halogens is 1. The minimum absolute atomic E-state index is 0.0107. The van der Waals surface area contributed by atoms with Crippen LogP contribution in [0.3, 0.4) is 0 Å². The van der Waals surface area contributed by atoms with Gasteiger partial charge in [-0.05, 0) is 31.2 Å². The second kappa shape index (κ2) is 6.24. The van der Waals surface area contributed by atoms with E-state index in [2.05, 4.69) is 12.2 Å². The van der Waals surface area contributed by atoms with Crippen molar-refractivity contribution < 1.29 is 17.9 Å². The molecule has 5 nitrogen and oxygen atoms in total. The zero-order valence-corrected chi connectivity index (χ0v) is 14.3. The monoisotopic (exact) mass is 351 g/mol. The van der Waals surface area contributed by atoms with E-state index in [4.69, 9.17) is 15.4 Å². The number of thiophene rings is 1. The van der Waals surface area contributed by atoms with Crippen molar-refractivity contribution in [1.29, 1.82) is 0 Å². The van der Waals surface area contributed by atoms with Gasteiger partial charge < -0.3 is 10.1 Å². The van der Waals surface area contributed by atoms with Crippen molar-refractivity contribution in [3.8, 4) is 0 Å². The van der Waals surface area contributed by atoms with Crippen LogP contribution in [0.25, 0.3) is 0 Å². The lowest BCUT2D eigenvalue weighted by molar-refractivity contribution is 0.0239. The Morgan fingerprint density at radius 2 is 2.10 bits per heavy atom. The Balaban J connectivity index is 2.04. The molecule has 0 atom stereocenters. The molecule has 2 heterocycles. The molecule has 0 radical (unpaired) electrons. The van der Waals surface area contributed by atoms with Crippen LogP contribution in [0.2, 0.25) is 0 Å². The van der Waals surface area contributed by atoms with E-state index in [1.54, 1.807) is 6.92 Å². The molecule has 0 bridgehead atoms. The zero-order valence-electron chi connectivity index (χ0n) is 11.9. The highest BCUT2D eigenvalue weighted by molar-refractivity contribution is 8.13. The molecular formula is C13H18ClNO4S2. The van der Waals surface area contributed by atoms with Crippen LogP contribution in [0.1, 0.15) is 34.3 Å². The Morgan fingerprint density at radius 1 is 1.48 bits per heavy atom. The van der Waals surface area contributed by atoms with Gasteiger partial charge in [0.2, 0.25) is 0 Å². The maximum absolute atomic E-state index is 12.2. The van der Waals surface area contributed by atoms with E-state index in [1.165, 1.54) is 6.07 Å². The van der Waals surface area contributed by atoms with Crippen LogP contribution < -0.4 is 5.32 Å². The summed E-state index contributed by atoms with van der Waals surface area (Å²) in [6, 6.07) is 1.34. The van der Waals surface area contributed by atoms with E-state index in [0.29, 0.717) is 29.5 Å². The number of carbonyl (C=O) groups excluding carboxylic acids is 1. The molecule has 21 heavy (non-hydrogen) atoms. The lowest BCUT2D eigenvalue weighted by Gasteiger charge is -2.33. The van der Waals surface area contributed by atoms with Crippen molar-refractivity contribution in [1.82, 2.24) is 5.32 Å². The van der Waals surface area contributed by atoms with Crippen molar-refractivity contribution in [3.63, 3.8) is 0 Å². The minimum Gasteiger partial charge on any atom is -0.381 e. The third-order valence-electron chi connectivity index (χ3n) is 3.73. The Labute approximate surface area is 133 Å².